The smallest absolute Gasteiger partial charge is 0.253 e. The first-order chi connectivity index (χ1) is 11.7. The van der Waals surface area contributed by atoms with Crippen LogP contribution in [0.1, 0.15) is 20.8 Å². The lowest BCUT2D eigenvalue weighted by atomic mass is 10.1. The molecule has 1 aromatic carbocycles. The van der Waals surface area contributed by atoms with Gasteiger partial charge in [-0.25, -0.2) is 9.97 Å². The van der Waals surface area contributed by atoms with Crippen LogP contribution >= 0.6 is 11.3 Å². The van der Waals surface area contributed by atoms with Gasteiger partial charge in [0.2, 0.25) is 0 Å². The van der Waals surface area contributed by atoms with Gasteiger partial charge in [0.1, 0.15) is 12.1 Å². The van der Waals surface area contributed by atoms with Crippen LogP contribution in [0.2, 0.25) is 0 Å². The number of carbonyl (C=O) groups is 1. The summed E-state index contributed by atoms with van der Waals surface area (Å²) >= 11 is 1.66. The molecule has 3 aromatic rings. The Hall–Kier alpha value is -2.73. The Kier molecular flexibility index (Phi) is 5.18. The summed E-state index contributed by atoms with van der Waals surface area (Å²) in [7, 11) is 1.83. The lowest BCUT2D eigenvalue weighted by Crippen LogP contribution is -2.25. The largest absolute Gasteiger partial charge is 0.366 e. The number of carbonyl (C=O) groups excluding carboxylic acids is 1. The summed E-state index contributed by atoms with van der Waals surface area (Å²) in [5, 5.41) is 5.24. The van der Waals surface area contributed by atoms with E-state index in [4.69, 9.17) is 0 Å². The van der Waals surface area contributed by atoms with E-state index in [0.29, 0.717) is 18.7 Å². The Labute approximate surface area is 145 Å². The summed E-state index contributed by atoms with van der Waals surface area (Å²) < 4.78 is 0. The van der Waals surface area contributed by atoms with Crippen molar-refractivity contribution >= 4 is 23.1 Å². The first kappa shape index (κ1) is 16.1. The minimum atomic E-state index is 0.0206. The zero-order chi connectivity index (χ0) is 16.8. The molecule has 0 aliphatic rings. The Bertz CT molecular complexity index is 790. The maximum atomic E-state index is 12.6. The number of rotatable bonds is 6. The fraction of sp³-hybridized carbons (Fsp3) is 0.167. The summed E-state index contributed by atoms with van der Waals surface area (Å²) in [5.74, 6) is 0.781. The maximum Gasteiger partial charge on any atom is 0.253 e. The third kappa shape index (κ3) is 4.17. The van der Waals surface area contributed by atoms with Crippen LogP contribution in [0.25, 0.3) is 0 Å². The fourth-order valence-electron chi connectivity index (χ4n) is 2.33. The number of nitrogens with zero attached hydrogens (tertiary/aromatic N) is 3. The molecule has 2 heterocycles. The molecule has 2 aromatic heterocycles. The van der Waals surface area contributed by atoms with Gasteiger partial charge in [-0.1, -0.05) is 18.2 Å². The van der Waals surface area contributed by atoms with Crippen molar-refractivity contribution in [2.75, 3.05) is 12.4 Å². The van der Waals surface area contributed by atoms with E-state index in [1.807, 2.05) is 54.9 Å². The van der Waals surface area contributed by atoms with E-state index in [9.17, 15) is 4.79 Å². The van der Waals surface area contributed by atoms with Crippen molar-refractivity contribution in [3.63, 3.8) is 0 Å². The van der Waals surface area contributed by atoms with Gasteiger partial charge in [-0.15, -0.1) is 11.3 Å². The minimum Gasteiger partial charge on any atom is -0.366 e. The van der Waals surface area contributed by atoms with Crippen LogP contribution in [0.4, 0.5) is 5.82 Å². The SMILES string of the molecule is CN(Cc1cccs1)C(=O)c1cccc(CNc2ccncn2)c1. The Morgan fingerprint density at radius 3 is 2.92 bits per heavy atom. The highest BCUT2D eigenvalue weighted by Gasteiger charge is 2.12. The van der Waals surface area contributed by atoms with Crippen LogP contribution < -0.4 is 5.32 Å². The molecule has 0 atom stereocenters. The molecule has 3 rings (SSSR count). The highest BCUT2D eigenvalue weighted by molar-refractivity contribution is 7.09. The molecule has 6 heteroatoms. The van der Waals surface area contributed by atoms with Gasteiger partial charge < -0.3 is 10.2 Å². The second-order valence-electron chi connectivity index (χ2n) is 5.39. The summed E-state index contributed by atoms with van der Waals surface area (Å²) in [6.07, 6.45) is 3.19. The predicted octanol–water partition coefficient (Wildman–Crippen LogP) is 3.42. The Morgan fingerprint density at radius 1 is 1.25 bits per heavy atom. The monoisotopic (exact) mass is 338 g/mol. The maximum absolute atomic E-state index is 12.6. The third-order valence-electron chi connectivity index (χ3n) is 3.55. The van der Waals surface area contributed by atoms with E-state index in [-0.39, 0.29) is 5.91 Å². The van der Waals surface area contributed by atoms with Crippen LogP contribution in [0.5, 0.6) is 0 Å². The molecule has 1 amide bonds. The van der Waals surface area contributed by atoms with Crippen molar-refractivity contribution in [2.45, 2.75) is 13.1 Å². The second-order valence-corrected chi connectivity index (χ2v) is 6.42. The molecule has 0 fully saturated rings. The van der Waals surface area contributed by atoms with Crippen LogP contribution in [-0.4, -0.2) is 27.8 Å². The van der Waals surface area contributed by atoms with Gasteiger partial charge >= 0.3 is 0 Å². The van der Waals surface area contributed by atoms with Gasteiger partial charge in [-0.05, 0) is 35.2 Å². The lowest BCUT2D eigenvalue weighted by molar-refractivity contribution is 0.0786. The quantitative estimate of drug-likeness (QED) is 0.748. The molecule has 5 nitrogen and oxygen atoms in total. The van der Waals surface area contributed by atoms with Crippen LogP contribution in [0.15, 0.2) is 60.4 Å². The number of aromatic nitrogens is 2. The predicted molar refractivity (Wildman–Crippen MR) is 95.9 cm³/mol. The fourth-order valence-corrected chi connectivity index (χ4v) is 3.09. The summed E-state index contributed by atoms with van der Waals surface area (Å²) in [4.78, 5) is 23.5. The normalized spacial score (nSPS) is 10.4. The van der Waals surface area contributed by atoms with Crippen LogP contribution in [-0.2, 0) is 13.1 Å². The second kappa shape index (κ2) is 7.70. The highest BCUT2D eigenvalue weighted by atomic mass is 32.1. The summed E-state index contributed by atoms with van der Waals surface area (Å²) in [5.41, 5.74) is 1.72. The van der Waals surface area contributed by atoms with Gasteiger partial charge in [0.15, 0.2) is 0 Å². The molecule has 0 saturated heterocycles. The van der Waals surface area contributed by atoms with E-state index in [0.717, 1.165) is 11.4 Å². The molecule has 0 bridgehead atoms. The van der Waals surface area contributed by atoms with E-state index in [2.05, 4.69) is 15.3 Å². The van der Waals surface area contributed by atoms with E-state index in [1.165, 1.54) is 11.2 Å². The summed E-state index contributed by atoms with van der Waals surface area (Å²) in [6.45, 7) is 1.23. The molecule has 0 aliphatic carbocycles. The van der Waals surface area contributed by atoms with E-state index < -0.39 is 0 Å². The first-order valence-corrected chi connectivity index (χ1v) is 8.47. The molecule has 0 unspecified atom stereocenters. The van der Waals surface area contributed by atoms with Crippen molar-refractivity contribution in [1.82, 2.24) is 14.9 Å². The number of thiophene rings is 1. The minimum absolute atomic E-state index is 0.0206. The molecule has 1 N–H and O–H groups in total. The number of benzene rings is 1. The van der Waals surface area contributed by atoms with Gasteiger partial charge in [0.05, 0.1) is 6.54 Å². The van der Waals surface area contributed by atoms with Crippen molar-refractivity contribution in [1.29, 1.82) is 0 Å². The Morgan fingerprint density at radius 2 is 2.17 bits per heavy atom. The zero-order valence-corrected chi connectivity index (χ0v) is 14.2. The molecule has 24 heavy (non-hydrogen) atoms. The van der Waals surface area contributed by atoms with Crippen molar-refractivity contribution in [3.05, 3.63) is 76.4 Å². The molecular formula is C18H18N4OS. The first-order valence-electron chi connectivity index (χ1n) is 7.59. The topological polar surface area (TPSA) is 58.1 Å². The number of amides is 1. The van der Waals surface area contributed by atoms with Crippen molar-refractivity contribution < 1.29 is 4.79 Å². The molecule has 122 valence electrons. The van der Waals surface area contributed by atoms with Gasteiger partial charge in [-0.2, -0.15) is 0 Å². The van der Waals surface area contributed by atoms with E-state index in [1.54, 1.807) is 22.4 Å². The third-order valence-corrected chi connectivity index (χ3v) is 4.41. The van der Waals surface area contributed by atoms with Gasteiger partial charge in [-0.3, -0.25) is 4.79 Å². The average Bonchev–Trinajstić information content (AvgIpc) is 3.13. The number of hydrogen-bond acceptors (Lipinski definition) is 5. The van der Waals surface area contributed by atoms with Crippen LogP contribution in [0.3, 0.4) is 0 Å². The number of hydrogen-bond donors (Lipinski definition) is 1. The van der Waals surface area contributed by atoms with Crippen LogP contribution in [0, 0.1) is 0 Å². The molecule has 0 aliphatic heterocycles. The highest BCUT2D eigenvalue weighted by Crippen LogP contribution is 2.14. The molecule has 0 spiro atoms. The summed E-state index contributed by atoms with van der Waals surface area (Å²) in [6, 6.07) is 13.5. The molecular weight excluding hydrogens is 320 g/mol. The Balaban J connectivity index is 1.64. The lowest BCUT2D eigenvalue weighted by Gasteiger charge is -2.17. The van der Waals surface area contributed by atoms with E-state index >= 15 is 0 Å². The number of nitrogens with one attached hydrogen (secondary N) is 1. The standard InChI is InChI=1S/C18H18N4OS/c1-22(12-16-6-3-9-24-16)18(23)15-5-2-4-14(10-15)11-20-17-7-8-19-13-21-17/h2-10,13H,11-12H2,1H3,(H,19,20,21). The van der Waals surface area contributed by atoms with Crippen molar-refractivity contribution in [2.24, 2.45) is 0 Å². The van der Waals surface area contributed by atoms with Gasteiger partial charge in [0.25, 0.3) is 5.91 Å². The zero-order valence-electron chi connectivity index (χ0n) is 13.3. The number of anilines is 1. The molecule has 0 radical (unpaired) electrons. The van der Waals surface area contributed by atoms with Crippen molar-refractivity contribution in [3.8, 4) is 0 Å². The average molecular weight is 338 g/mol. The molecule has 0 saturated carbocycles. The van der Waals surface area contributed by atoms with Gasteiger partial charge in [0, 0.05) is 30.2 Å².